The second-order valence-corrected chi connectivity index (χ2v) is 0.298. The van der Waals surface area contributed by atoms with Crippen molar-refractivity contribution in [1.82, 2.24) is 0 Å². The molecule has 0 aliphatic rings. The summed E-state index contributed by atoms with van der Waals surface area (Å²) in [6.45, 7) is -1.25. The summed E-state index contributed by atoms with van der Waals surface area (Å²) >= 11 is 0. The standard InChI is InChI=1S/3CH2O2.Ca/c3*2-1-3;/h3*1H,(H,2,3);/q;;;+2/p-2. The molecule has 0 aliphatic heterocycles. The van der Waals surface area contributed by atoms with Crippen LogP contribution >= 0.6 is 0 Å². The molecule has 7 heteroatoms. The van der Waals surface area contributed by atoms with E-state index in [1.54, 1.807) is 0 Å². The molecular weight excluding hydrogens is 172 g/mol. The van der Waals surface area contributed by atoms with E-state index >= 15 is 0 Å². The summed E-state index contributed by atoms with van der Waals surface area (Å²) in [7, 11) is 0. The van der Waals surface area contributed by atoms with Gasteiger partial charge in [-0.25, -0.2) is 0 Å². The molecule has 10 heavy (non-hydrogen) atoms. The maximum Gasteiger partial charge on any atom is 2.00 e. The van der Waals surface area contributed by atoms with Crippen LogP contribution in [-0.4, -0.2) is 62.3 Å². The molecular formula is C3H4CaO6. The maximum absolute atomic E-state index is 8.36. The van der Waals surface area contributed by atoms with Gasteiger partial charge in [0.15, 0.2) is 0 Å². The minimum absolute atomic E-state index is 0. The minimum atomic E-state index is -0.500. The van der Waals surface area contributed by atoms with Gasteiger partial charge in [-0.05, 0) is 0 Å². The first-order valence-electron chi connectivity index (χ1n) is 1.44. The van der Waals surface area contributed by atoms with Crippen molar-refractivity contribution in [2.75, 3.05) is 0 Å². The first-order valence-corrected chi connectivity index (χ1v) is 1.44. The smallest absolute Gasteiger partial charge is 0.554 e. The van der Waals surface area contributed by atoms with Gasteiger partial charge in [0.2, 0.25) is 0 Å². The minimum Gasteiger partial charge on any atom is -0.554 e. The molecule has 0 amide bonds. The SMILES string of the molecule is O=CO.O=C[O-].O=C[O-].[Ca+2]. The Labute approximate surface area is 86.5 Å². The van der Waals surface area contributed by atoms with E-state index in [0.29, 0.717) is 0 Å². The Balaban J connectivity index is -0.0000000257. The van der Waals surface area contributed by atoms with Crippen LogP contribution in [0.5, 0.6) is 0 Å². The molecule has 0 rings (SSSR count). The second kappa shape index (κ2) is 71.6. The zero-order valence-corrected chi connectivity index (χ0v) is 7.14. The van der Waals surface area contributed by atoms with Crippen LogP contribution in [0.15, 0.2) is 0 Å². The summed E-state index contributed by atoms with van der Waals surface area (Å²) in [5.41, 5.74) is 0. The third-order valence-corrected chi connectivity index (χ3v) is 0. The average molecular weight is 176 g/mol. The second-order valence-electron chi connectivity index (χ2n) is 0.298. The summed E-state index contributed by atoms with van der Waals surface area (Å²) in [5.74, 6) is 0. The van der Waals surface area contributed by atoms with Gasteiger partial charge in [-0.15, -0.1) is 0 Å². The fourth-order valence-corrected chi connectivity index (χ4v) is 0. The van der Waals surface area contributed by atoms with Crippen molar-refractivity contribution in [3.05, 3.63) is 0 Å². The summed E-state index contributed by atoms with van der Waals surface area (Å²) in [4.78, 5) is 24.9. The largest absolute Gasteiger partial charge is 2.00 e. The molecule has 1 N–H and O–H groups in total. The summed E-state index contributed by atoms with van der Waals surface area (Å²) < 4.78 is 0. The number of hydrogen-bond acceptors (Lipinski definition) is 5. The van der Waals surface area contributed by atoms with Crippen LogP contribution in [0.4, 0.5) is 0 Å². The molecule has 54 valence electrons. The van der Waals surface area contributed by atoms with Gasteiger partial charge >= 0.3 is 37.7 Å². The van der Waals surface area contributed by atoms with E-state index in [-0.39, 0.29) is 44.2 Å². The van der Waals surface area contributed by atoms with Crippen LogP contribution in [0, 0.1) is 0 Å². The van der Waals surface area contributed by atoms with Gasteiger partial charge in [0.05, 0.1) is 0 Å². The van der Waals surface area contributed by atoms with Crippen LogP contribution in [0.3, 0.4) is 0 Å². The van der Waals surface area contributed by atoms with Gasteiger partial charge in [-0.2, -0.15) is 0 Å². The molecule has 0 aromatic rings. The predicted octanol–water partition coefficient (Wildman–Crippen LogP) is -3.95. The van der Waals surface area contributed by atoms with Crippen LogP contribution in [0.1, 0.15) is 0 Å². The van der Waals surface area contributed by atoms with E-state index in [4.69, 9.17) is 29.7 Å². The van der Waals surface area contributed by atoms with E-state index in [9.17, 15) is 0 Å². The van der Waals surface area contributed by atoms with E-state index in [1.807, 2.05) is 0 Å². The third kappa shape index (κ3) is 3130. The molecule has 0 aromatic carbocycles. The molecule has 0 atom stereocenters. The average Bonchev–Trinajstić information content (AvgIpc) is 1.70. The van der Waals surface area contributed by atoms with Gasteiger partial charge in [0.25, 0.3) is 6.47 Å². The monoisotopic (exact) mass is 176 g/mol. The van der Waals surface area contributed by atoms with Crippen molar-refractivity contribution in [3.63, 3.8) is 0 Å². The molecule has 6 nitrogen and oxygen atoms in total. The third-order valence-electron chi connectivity index (χ3n) is 0. The van der Waals surface area contributed by atoms with E-state index < -0.39 is 12.9 Å². The van der Waals surface area contributed by atoms with E-state index in [0.717, 1.165) is 0 Å². The van der Waals surface area contributed by atoms with E-state index in [1.165, 1.54) is 0 Å². The van der Waals surface area contributed by atoms with E-state index in [2.05, 4.69) is 0 Å². The normalized spacial score (nSPS) is 3.60. The van der Waals surface area contributed by atoms with Gasteiger partial charge in [-0.3, -0.25) is 4.79 Å². The topological polar surface area (TPSA) is 118 Å². The number of carboxylic acid groups (broad SMARTS) is 3. The molecule has 0 saturated heterocycles. The zero-order valence-electron chi connectivity index (χ0n) is 4.93. The maximum atomic E-state index is 8.36. The van der Waals surface area contributed by atoms with Crippen molar-refractivity contribution in [3.8, 4) is 0 Å². The van der Waals surface area contributed by atoms with Crippen molar-refractivity contribution in [2.45, 2.75) is 0 Å². The molecule has 0 saturated carbocycles. The Morgan fingerprint density at radius 3 is 1.00 bits per heavy atom. The van der Waals surface area contributed by atoms with Gasteiger partial charge in [-0.1, -0.05) is 0 Å². The quantitative estimate of drug-likeness (QED) is 0.297. The first-order chi connectivity index (χ1) is 4.24. The Morgan fingerprint density at radius 2 is 1.00 bits per heavy atom. The van der Waals surface area contributed by atoms with Gasteiger partial charge < -0.3 is 24.9 Å². The molecule has 0 bridgehead atoms. The zero-order chi connectivity index (χ0) is 8.12. The van der Waals surface area contributed by atoms with Crippen molar-refractivity contribution in [2.24, 2.45) is 0 Å². The molecule has 0 heterocycles. The molecule has 0 aliphatic carbocycles. The Morgan fingerprint density at radius 1 is 1.00 bits per heavy atom. The predicted molar refractivity (Wildman–Crippen MR) is 26.6 cm³/mol. The molecule has 0 unspecified atom stereocenters. The van der Waals surface area contributed by atoms with Gasteiger partial charge in [0, 0.05) is 12.9 Å². The van der Waals surface area contributed by atoms with Crippen molar-refractivity contribution >= 4 is 57.2 Å². The van der Waals surface area contributed by atoms with Crippen molar-refractivity contribution < 1.29 is 29.7 Å². The van der Waals surface area contributed by atoms with Crippen molar-refractivity contribution in [1.29, 1.82) is 0 Å². The first kappa shape index (κ1) is 22.6. The number of hydrogen-bond donors (Lipinski definition) is 1. The van der Waals surface area contributed by atoms with Gasteiger partial charge in [0.1, 0.15) is 0 Å². The Hall–Kier alpha value is -0.330. The fourth-order valence-electron chi connectivity index (χ4n) is 0. The van der Waals surface area contributed by atoms with Crippen LogP contribution in [0.2, 0.25) is 0 Å². The summed E-state index contributed by atoms with van der Waals surface area (Å²) in [6.07, 6.45) is 0. The van der Waals surface area contributed by atoms with Crippen LogP contribution in [-0.2, 0) is 14.4 Å². The van der Waals surface area contributed by atoms with Crippen LogP contribution in [0.25, 0.3) is 0 Å². The summed E-state index contributed by atoms with van der Waals surface area (Å²) in [5, 5.41) is 23.4. The Bertz CT molecular complexity index is 49.7. The number of rotatable bonds is 0. The number of carbonyl (C=O) groups excluding carboxylic acids is 2. The molecule has 0 fully saturated rings. The molecule has 0 spiro atoms. The molecule has 0 aromatic heterocycles. The van der Waals surface area contributed by atoms with Crippen LogP contribution < -0.4 is 10.2 Å². The summed E-state index contributed by atoms with van der Waals surface area (Å²) in [6, 6.07) is 0. The Kier molecular flexibility index (Phi) is 162. The fraction of sp³-hybridized carbons (Fsp3) is 0. The number of carbonyl (C=O) groups is 3. The molecule has 0 radical (unpaired) electrons.